The number of nitrogens with zero attached hydrogens (tertiary/aromatic N) is 3. The van der Waals surface area contributed by atoms with Crippen LogP contribution in [0, 0.1) is 0 Å². The van der Waals surface area contributed by atoms with Crippen LogP contribution in [0.3, 0.4) is 0 Å². The molecule has 3 aromatic rings. The first-order valence-corrected chi connectivity index (χ1v) is 6.19. The highest BCUT2D eigenvalue weighted by Gasteiger charge is 2.11. The largest absolute Gasteiger partial charge is 0.298 e. The van der Waals surface area contributed by atoms with Crippen molar-refractivity contribution in [1.29, 1.82) is 0 Å². The lowest BCUT2D eigenvalue weighted by Gasteiger charge is -2.03. The summed E-state index contributed by atoms with van der Waals surface area (Å²) in [7, 11) is 0. The molecule has 0 aliphatic rings. The van der Waals surface area contributed by atoms with Gasteiger partial charge in [-0.15, -0.1) is 0 Å². The van der Waals surface area contributed by atoms with Gasteiger partial charge in [-0.2, -0.15) is 5.10 Å². The van der Waals surface area contributed by atoms with E-state index in [1.807, 2.05) is 0 Å². The van der Waals surface area contributed by atoms with Crippen LogP contribution in [0.1, 0.15) is 10.4 Å². The first-order chi connectivity index (χ1) is 9.19. The van der Waals surface area contributed by atoms with Crippen molar-refractivity contribution in [2.75, 3.05) is 0 Å². The van der Waals surface area contributed by atoms with E-state index in [4.69, 9.17) is 23.2 Å². The Morgan fingerprint density at radius 2 is 2.00 bits per heavy atom. The molecule has 0 atom stereocenters. The number of aldehydes is 1. The Labute approximate surface area is 118 Å². The molecule has 0 fully saturated rings. The topological polar surface area (TPSA) is 47.8 Å². The van der Waals surface area contributed by atoms with Crippen LogP contribution in [-0.2, 0) is 0 Å². The van der Waals surface area contributed by atoms with Gasteiger partial charge in [0, 0.05) is 17.1 Å². The monoisotopic (exact) mass is 291 g/mol. The Hall–Kier alpha value is -1.91. The molecule has 0 saturated carbocycles. The maximum atomic E-state index is 10.8. The minimum Gasteiger partial charge on any atom is -0.298 e. The number of carbonyl (C=O) groups is 1. The number of fused-ring (bicyclic) bond motifs is 1. The third-order valence-corrected chi connectivity index (χ3v) is 3.22. The van der Waals surface area contributed by atoms with Crippen LogP contribution >= 0.6 is 23.2 Å². The Kier molecular flexibility index (Phi) is 2.97. The number of hydrogen-bond donors (Lipinski definition) is 0. The van der Waals surface area contributed by atoms with Crippen LogP contribution in [0.25, 0.3) is 16.6 Å². The predicted octanol–water partition coefficient (Wildman–Crippen LogP) is 3.54. The van der Waals surface area contributed by atoms with E-state index in [0.717, 1.165) is 11.8 Å². The van der Waals surface area contributed by atoms with Gasteiger partial charge in [0.15, 0.2) is 5.15 Å². The molecular formula is C13H7Cl2N3O. The lowest BCUT2D eigenvalue weighted by atomic mass is 10.2. The molecule has 0 spiro atoms. The number of benzene rings is 1. The summed E-state index contributed by atoms with van der Waals surface area (Å²) in [5.74, 6) is 0. The molecule has 4 nitrogen and oxygen atoms in total. The van der Waals surface area contributed by atoms with Gasteiger partial charge in [0.25, 0.3) is 0 Å². The molecule has 1 aromatic carbocycles. The molecule has 0 N–H and O–H groups in total. The van der Waals surface area contributed by atoms with Crippen molar-refractivity contribution in [3.05, 3.63) is 52.4 Å². The molecule has 2 heterocycles. The zero-order valence-corrected chi connectivity index (χ0v) is 11.1. The average Bonchev–Trinajstić information content (AvgIpc) is 2.76. The van der Waals surface area contributed by atoms with Crippen molar-refractivity contribution in [2.24, 2.45) is 0 Å². The van der Waals surface area contributed by atoms with E-state index < -0.39 is 0 Å². The Morgan fingerprint density at radius 1 is 1.16 bits per heavy atom. The summed E-state index contributed by atoms with van der Waals surface area (Å²) in [6, 6.07) is 6.94. The molecular weight excluding hydrogens is 285 g/mol. The van der Waals surface area contributed by atoms with Gasteiger partial charge in [-0.1, -0.05) is 23.2 Å². The number of rotatable bonds is 2. The quantitative estimate of drug-likeness (QED) is 0.679. The summed E-state index contributed by atoms with van der Waals surface area (Å²) in [6.45, 7) is 0. The first-order valence-electron chi connectivity index (χ1n) is 5.43. The lowest BCUT2D eigenvalue weighted by Crippen LogP contribution is -1.96. The summed E-state index contributed by atoms with van der Waals surface area (Å²) in [4.78, 5) is 14.8. The third kappa shape index (κ3) is 2.09. The zero-order valence-electron chi connectivity index (χ0n) is 9.55. The van der Waals surface area contributed by atoms with Crippen molar-refractivity contribution >= 4 is 40.4 Å². The highest BCUT2D eigenvalue weighted by molar-refractivity contribution is 6.34. The van der Waals surface area contributed by atoms with E-state index in [-0.39, 0.29) is 0 Å². The number of carbonyl (C=O) groups excluding carboxylic acids is 1. The van der Waals surface area contributed by atoms with Gasteiger partial charge in [-0.3, -0.25) is 9.78 Å². The standard InChI is InChI=1S/C13H7Cl2N3O/c14-9-4-10(6-16-5-9)18-12-2-1-8(7-19)3-11(12)13(15)17-18/h1-7H. The Balaban J connectivity index is 2.28. The smallest absolute Gasteiger partial charge is 0.159 e. The molecule has 0 amide bonds. The maximum Gasteiger partial charge on any atom is 0.159 e. The molecule has 0 saturated heterocycles. The highest BCUT2D eigenvalue weighted by Crippen LogP contribution is 2.26. The van der Waals surface area contributed by atoms with E-state index in [9.17, 15) is 4.79 Å². The van der Waals surface area contributed by atoms with E-state index in [0.29, 0.717) is 26.8 Å². The molecule has 3 rings (SSSR count). The molecule has 0 aliphatic heterocycles. The van der Waals surface area contributed by atoms with E-state index in [2.05, 4.69) is 10.1 Å². The SMILES string of the molecule is O=Cc1ccc2c(c1)c(Cl)nn2-c1cncc(Cl)c1. The van der Waals surface area contributed by atoms with Crippen LogP contribution in [0.4, 0.5) is 0 Å². The molecule has 0 radical (unpaired) electrons. The van der Waals surface area contributed by atoms with Crippen molar-refractivity contribution in [1.82, 2.24) is 14.8 Å². The second-order valence-corrected chi connectivity index (χ2v) is 4.75. The Morgan fingerprint density at radius 3 is 2.74 bits per heavy atom. The lowest BCUT2D eigenvalue weighted by molar-refractivity contribution is 0.112. The summed E-state index contributed by atoms with van der Waals surface area (Å²) in [6.07, 6.45) is 3.96. The predicted molar refractivity (Wildman–Crippen MR) is 74.3 cm³/mol. The molecule has 94 valence electrons. The number of halogens is 2. The van der Waals surface area contributed by atoms with Crippen LogP contribution in [0.2, 0.25) is 10.2 Å². The second-order valence-electron chi connectivity index (χ2n) is 3.96. The van der Waals surface area contributed by atoms with Crippen LogP contribution in [0.15, 0.2) is 36.7 Å². The van der Waals surface area contributed by atoms with E-state index in [1.54, 1.807) is 41.3 Å². The molecule has 0 unspecified atom stereocenters. The number of hydrogen-bond acceptors (Lipinski definition) is 3. The summed E-state index contributed by atoms with van der Waals surface area (Å²) < 4.78 is 1.64. The molecule has 0 aliphatic carbocycles. The van der Waals surface area contributed by atoms with Crippen molar-refractivity contribution in [3.63, 3.8) is 0 Å². The third-order valence-electron chi connectivity index (χ3n) is 2.73. The van der Waals surface area contributed by atoms with Gasteiger partial charge in [0.1, 0.15) is 6.29 Å². The second kappa shape index (κ2) is 4.64. The normalized spacial score (nSPS) is 10.8. The summed E-state index contributed by atoms with van der Waals surface area (Å²) >= 11 is 12.0. The minimum absolute atomic E-state index is 0.332. The van der Waals surface area contributed by atoms with Gasteiger partial charge in [0.05, 0.1) is 22.4 Å². The van der Waals surface area contributed by atoms with Crippen molar-refractivity contribution < 1.29 is 4.79 Å². The van der Waals surface area contributed by atoms with Crippen LogP contribution < -0.4 is 0 Å². The summed E-state index contributed by atoms with van der Waals surface area (Å²) in [5, 5.41) is 5.81. The average molecular weight is 292 g/mol. The van der Waals surface area contributed by atoms with E-state index >= 15 is 0 Å². The van der Waals surface area contributed by atoms with E-state index in [1.165, 1.54) is 0 Å². The summed E-state index contributed by atoms with van der Waals surface area (Å²) in [5.41, 5.74) is 2.06. The molecule has 2 aromatic heterocycles. The zero-order chi connectivity index (χ0) is 13.4. The molecule has 6 heteroatoms. The number of aromatic nitrogens is 3. The van der Waals surface area contributed by atoms with Gasteiger partial charge in [-0.25, -0.2) is 4.68 Å². The maximum absolute atomic E-state index is 10.8. The van der Waals surface area contributed by atoms with Crippen molar-refractivity contribution in [2.45, 2.75) is 0 Å². The fraction of sp³-hybridized carbons (Fsp3) is 0. The highest BCUT2D eigenvalue weighted by atomic mass is 35.5. The Bertz CT molecular complexity index is 783. The fourth-order valence-electron chi connectivity index (χ4n) is 1.89. The molecule has 19 heavy (non-hydrogen) atoms. The molecule has 0 bridgehead atoms. The van der Waals surface area contributed by atoms with Crippen molar-refractivity contribution in [3.8, 4) is 5.69 Å². The fourth-order valence-corrected chi connectivity index (χ4v) is 2.28. The van der Waals surface area contributed by atoms with Gasteiger partial charge >= 0.3 is 0 Å². The van der Waals surface area contributed by atoms with Crippen LogP contribution in [0.5, 0.6) is 0 Å². The van der Waals surface area contributed by atoms with Crippen LogP contribution in [-0.4, -0.2) is 21.1 Å². The minimum atomic E-state index is 0.332. The van der Waals surface area contributed by atoms with Gasteiger partial charge in [-0.05, 0) is 24.3 Å². The number of pyridine rings is 1. The van der Waals surface area contributed by atoms with Gasteiger partial charge < -0.3 is 0 Å². The first kappa shape index (κ1) is 12.1. The van der Waals surface area contributed by atoms with Gasteiger partial charge in [0.2, 0.25) is 0 Å².